The Morgan fingerprint density at radius 3 is 2.70 bits per heavy atom. The first-order valence-electron chi connectivity index (χ1n) is 8.72. The van der Waals surface area contributed by atoms with Crippen molar-refractivity contribution in [2.45, 2.75) is 52.0 Å². The first-order chi connectivity index (χ1) is 11.2. The number of fused-ring (bicyclic) bond motifs is 1. The summed E-state index contributed by atoms with van der Waals surface area (Å²) in [6.45, 7) is 5.84. The van der Waals surface area contributed by atoms with E-state index < -0.39 is 0 Å². The molecule has 0 spiro atoms. The fourth-order valence-electron chi connectivity index (χ4n) is 3.42. The third-order valence-electron chi connectivity index (χ3n) is 4.59. The van der Waals surface area contributed by atoms with Gasteiger partial charge in [0.1, 0.15) is 11.4 Å². The zero-order valence-electron chi connectivity index (χ0n) is 13.9. The van der Waals surface area contributed by atoms with E-state index in [0.29, 0.717) is 30.9 Å². The molecule has 0 saturated carbocycles. The van der Waals surface area contributed by atoms with E-state index >= 15 is 0 Å². The van der Waals surface area contributed by atoms with E-state index in [-0.39, 0.29) is 5.91 Å². The predicted octanol–water partition coefficient (Wildman–Crippen LogP) is 3.13. The predicted molar refractivity (Wildman–Crippen MR) is 88.9 cm³/mol. The van der Waals surface area contributed by atoms with Crippen molar-refractivity contribution >= 4 is 11.6 Å². The molecular weight excluding hydrogens is 292 g/mol. The van der Waals surface area contributed by atoms with Crippen LogP contribution in [0.15, 0.2) is 12.1 Å². The van der Waals surface area contributed by atoms with Gasteiger partial charge >= 0.3 is 0 Å². The molecular formula is C18H26N2O3. The number of hydrogen-bond donors (Lipinski definition) is 1. The lowest BCUT2D eigenvalue weighted by molar-refractivity contribution is -0.124. The van der Waals surface area contributed by atoms with E-state index in [1.165, 1.54) is 24.8 Å². The monoisotopic (exact) mass is 318 g/mol. The highest BCUT2D eigenvalue weighted by molar-refractivity contribution is 5.96. The number of amides is 1. The number of hydroxylamine groups is 1. The molecule has 5 nitrogen and oxygen atoms in total. The Labute approximate surface area is 137 Å². The van der Waals surface area contributed by atoms with Gasteiger partial charge < -0.3 is 4.74 Å². The zero-order valence-corrected chi connectivity index (χ0v) is 13.9. The maximum absolute atomic E-state index is 11.8. The molecule has 0 aliphatic carbocycles. The number of likely N-dealkylation sites (tertiary alicyclic amines) is 1. The Morgan fingerprint density at radius 1 is 1.17 bits per heavy atom. The van der Waals surface area contributed by atoms with E-state index in [1.807, 2.05) is 13.0 Å². The van der Waals surface area contributed by atoms with Crippen molar-refractivity contribution in [3.8, 4) is 5.75 Å². The number of carbonyl (C=O) groups excluding carboxylic acids is 1. The van der Waals surface area contributed by atoms with Crippen molar-refractivity contribution in [1.82, 2.24) is 4.90 Å². The molecule has 1 fully saturated rings. The Kier molecular flexibility index (Phi) is 5.18. The van der Waals surface area contributed by atoms with Crippen molar-refractivity contribution in [3.05, 3.63) is 23.3 Å². The minimum Gasteiger partial charge on any atom is -0.491 e. The fourth-order valence-corrected chi connectivity index (χ4v) is 3.42. The van der Waals surface area contributed by atoms with E-state index in [9.17, 15) is 10.0 Å². The molecule has 3 rings (SSSR count). The molecule has 1 aromatic rings. The van der Waals surface area contributed by atoms with Gasteiger partial charge in [-0.2, -0.15) is 5.06 Å². The van der Waals surface area contributed by atoms with E-state index in [4.69, 9.17) is 4.74 Å². The summed E-state index contributed by atoms with van der Waals surface area (Å²) in [5, 5.41) is 10.9. The summed E-state index contributed by atoms with van der Waals surface area (Å²) < 4.78 is 5.83. The van der Waals surface area contributed by atoms with Crippen molar-refractivity contribution < 1.29 is 14.7 Å². The third-order valence-corrected chi connectivity index (χ3v) is 4.59. The minimum atomic E-state index is -0.261. The van der Waals surface area contributed by atoms with Gasteiger partial charge in [-0.15, -0.1) is 0 Å². The fraction of sp³-hybridized carbons (Fsp3) is 0.611. The lowest BCUT2D eigenvalue weighted by Gasteiger charge is -2.29. The molecule has 1 saturated heterocycles. The molecule has 0 unspecified atom stereocenters. The molecule has 0 bridgehead atoms. The molecule has 2 aliphatic heterocycles. The zero-order chi connectivity index (χ0) is 16.2. The molecule has 5 heteroatoms. The molecule has 126 valence electrons. The summed E-state index contributed by atoms with van der Waals surface area (Å²) in [5.41, 5.74) is 2.75. The second-order valence-corrected chi connectivity index (χ2v) is 6.49. The molecule has 0 radical (unpaired) electrons. The van der Waals surface area contributed by atoms with Gasteiger partial charge in [0.25, 0.3) is 5.91 Å². The van der Waals surface area contributed by atoms with Crippen LogP contribution < -0.4 is 9.80 Å². The molecule has 2 aliphatic rings. The smallest absolute Gasteiger partial charge is 0.251 e. The quantitative estimate of drug-likeness (QED) is 0.848. The Morgan fingerprint density at radius 2 is 1.96 bits per heavy atom. The summed E-state index contributed by atoms with van der Waals surface area (Å²) >= 11 is 0. The van der Waals surface area contributed by atoms with Crippen LogP contribution in [-0.2, 0) is 17.8 Å². The SMILES string of the molecule is CCCOc1cc(CN2CCCCC2)cc2c1N(O)C(=O)CC2. The largest absolute Gasteiger partial charge is 0.491 e. The van der Waals surface area contributed by atoms with Crippen LogP contribution in [0.25, 0.3) is 0 Å². The first-order valence-corrected chi connectivity index (χ1v) is 8.72. The van der Waals surface area contributed by atoms with Crippen LogP contribution in [0.1, 0.15) is 50.2 Å². The standard InChI is InChI=1S/C18H26N2O3/c1-2-10-23-16-12-14(13-19-8-4-3-5-9-19)11-15-6-7-17(21)20(22)18(15)16/h11-12,22H,2-10,13H2,1H3. The Balaban J connectivity index is 1.87. The molecule has 2 heterocycles. The van der Waals surface area contributed by atoms with Crippen LogP contribution in [0.5, 0.6) is 5.75 Å². The molecule has 23 heavy (non-hydrogen) atoms. The van der Waals surface area contributed by atoms with Crippen molar-refractivity contribution in [2.24, 2.45) is 0 Å². The van der Waals surface area contributed by atoms with Gasteiger partial charge in [-0.1, -0.05) is 19.4 Å². The topological polar surface area (TPSA) is 53.0 Å². The van der Waals surface area contributed by atoms with Crippen molar-refractivity contribution in [3.63, 3.8) is 0 Å². The van der Waals surface area contributed by atoms with E-state index in [1.54, 1.807) is 0 Å². The van der Waals surface area contributed by atoms with Gasteiger partial charge in [-0.05, 0) is 56.0 Å². The normalized spacial score (nSPS) is 18.9. The van der Waals surface area contributed by atoms with E-state index in [0.717, 1.165) is 36.7 Å². The van der Waals surface area contributed by atoms with Gasteiger partial charge in [-0.3, -0.25) is 14.9 Å². The van der Waals surface area contributed by atoms with Crippen LogP contribution in [0, 0.1) is 0 Å². The lowest BCUT2D eigenvalue weighted by Crippen LogP contribution is -2.33. The second-order valence-electron chi connectivity index (χ2n) is 6.49. The number of anilines is 1. The van der Waals surface area contributed by atoms with Crippen LogP contribution in [0.4, 0.5) is 5.69 Å². The third kappa shape index (κ3) is 3.67. The van der Waals surface area contributed by atoms with E-state index in [2.05, 4.69) is 11.0 Å². The molecule has 1 N–H and O–H groups in total. The molecule has 0 atom stereocenters. The van der Waals surface area contributed by atoms with Gasteiger partial charge in [0, 0.05) is 13.0 Å². The number of carbonyl (C=O) groups is 1. The number of benzene rings is 1. The number of ether oxygens (including phenoxy) is 1. The highest BCUT2D eigenvalue weighted by Crippen LogP contribution is 2.37. The number of piperidine rings is 1. The number of aryl methyl sites for hydroxylation is 1. The number of nitrogens with zero attached hydrogens (tertiary/aromatic N) is 2. The second kappa shape index (κ2) is 7.32. The number of hydrogen-bond acceptors (Lipinski definition) is 4. The van der Waals surface area contributed by atoms with Gasteiger partial charge in [0.05, 0.1) is 6.61 Å². The van der Waals surface area contributed by atoms with Gasteiger partial charge in [0.15, 0.2) is 0 Å². The van der Waals surface area contributed by atoms with Crippen LogP contribution >= 0.6 is 0 Å². The first kappa shape index (κ1) is 16.3. The van der Waals surface area contributed by atoms with Gasteiger partial charge in [-0.25, -0.2) is 0 Å². The summed E-state index contributed by atoms with van der Waals surface area (Å²) in [4.78, 5) is 14.3. The molecule has 1 aromatic carbocycles. The average molecular weight is 318 g/mol. The summed E-state index contributed by atoms with van der Waals surface area (Å²) in [5.74, 6) is 0.370. The van der Waals surface area contributed by atoms with Crippen molar-refractivity contribution in [2.75, 3.05) is 24.8 Å². The maximum Gasteiger partial charge on any atom is 0.251 e. The Bertz CT molecular complexity index is 568. The molecule has 1 amide bonds. The Hall–Kier alpha value is -1.59. The average Bonchev–Trinajstić information content (AvgIpc) is 2.57. The highest BCUT2D eigenvalue weighted by atomic mass is 16.5. The van der Waals surface area contributed by atoms with Crippen LogP contribution in [0.2, 0.25) is 0 Å². The highest BCUT2D eigenvalue weighted by Gasteiger charge is 2.27. The lowest BCUT2D eigenvalue weighted by atomic mass is 9.98. The van der Waals surface area contributed by atoms with Crippen LogP contribution in [-0.4, -0.2) is 35.7 Å². The summed E-state index contributed by atoms with van der Waals surface area (Å²) in [6, 6.07) is 4.11. The van der Waals surface area contributed by atoms with Gasteiger partial charge in [0.2, 0.25) is 0 Å². The number of rotatable bonds is 5. The summed E-state index contributed by atoms with van der Waals surface area (Å²) in [6.07, 6.45) is 5.77. The maximum atomic E-state index is 11.8. The van der Waals surface area contributed by atoms with Crippen molar-refractivity contribution in [1.29, 1.82) is 0 Å². The molecule has 0 aromatic heterocycles. The minimum absolute atomic E-state index is 0.261. The summed E-state index contributed by atoms with van der Waals surface area (Å²) in [7, 11) is 0. The van der Waals surface area contributed by atoms with Crippen LogP contribution in [0.3, 0.4) is 0 Å².